The van der Waals surface area contributed by atoms with Crippen molar-refractivity contribution in [2.24, 2.45) is 5.73 Å². The quantitative estimate of drug-likeness (QED) is 0.863. The van der Waals surface area contributed by atoms with Crippen LogP contribution in [0.25, 0.3) is 0 Å². The van der Waals surface area contributed by atoms with E-state index in [0.717, 1.165) is 22.6 Å². The maximum absolute atomic E-state index is 13.5. The zero-order chi connectivity index (χ0) is 12.6. The molecule has 0 aliphatic heterocycles. The molecule has 0 spiro atoms. The predicted octanol–water partition coefficient (Wildman–Crippen LogP) is 3.39. The van der Waals surface area contributed by atoms with Gasteiger partial charge in [0.15, 0.2) is 0 Å². The Bertz CT molecular complexity index is 545. The molecule has 0 radical (unpaired) electrons. The molecule has 0 amide bonds. The van der Waals surface area contributed by atoms with Gasteiger partial charge in [0, 0.05) is 5.56 Å². The Kier molecular flexibility index (Phi) is 3.03. The Morgan fingerprint density at radius 1 is 1.18 bits per heavy atom. The summed E-state index contributed by atoms with van der Waals surface area (Å²) in [5, 5.41) is 0. The van der Waals surface area contributed by atoms with Crippen LogP contribution < -0.4 is 5.73 Å². The average molecular weight is 233 g/mol. The van der Waals surface area contributed by atoms with Gasteiger partial charge in [-0.1, -0.05) is 12.1 Å². The van der Waals surface area contributed by atoms with Gasteiger partial charge in [0.1, 0.15) is 17.3 Å². The first-order chi connectivity index (χ1) is 7.99. The van der Waals surface area contributed by atoms with Crippen LogP contribution in [0.2, 0.25) is 0 Å². The van der Waals surface area contributed by atoms with Crippen molar-refractivity contribution < 1.29 is 8.81 Å². The molecule has 2 N–H and O–H groups in total. The first-order valence-electron chi connectivity index (χ1n) is 5.57. The molecule has 90 valence electrons. The van der Waals surface area contributed by atoms with E-state index in [2.05, 4.69) is 0 Å². The van der Waals surface area contributed by atoms with Crippen LogP contribution in [0.15, 0.2) is 28.7 Å². The van der Waals surface area contributed by atoms with Gasteiger partial charge in [-0.2, -0.15) is 0 Å². The standard InChI is InChI=1S/C14H16FNO/c1-8-4-5-11(7-13(8)15)14(16)12-6-9(2)17-10(12)3/h4-7,14H,16H2,1-3H3. The number of nitrogens with two attached hydrogens (primary N) is 1. The molecular formula is C14H16FNO. The molecule has 2 aromatic rings. The van der Waals surface area contributed by atoms with Gasteiger partial charge in [0.25, 0.3) is 0 Å². The Morgan fingerprint density at radius 2 is 1.88 bits per heavy atom. The van der Waals surface area contributed by atoms with Gasteiger partial charge in [0.05, 0.1) is 6.04 Å². The number of rotatable bonds is 2. The molecule has 17 heavy (non-hydrogen) atoms. The lowest BCUT2D eigenvalue weighted by molar-refractivity contribution is 0.499. The molecule has 0 saturated heterocycles. The molecule has 1 atom stereocenters. The van der Waals surface area contributed by atoms with Crippen molar-refractivity contribution in [2.45, 2.75) is 26.8 Å². The summed E-state index contributed by atoms with van der Waals surface area (Å²) in [5.41, 5.74) is 8.42. The van der Waals surface area contributed by atoms with Crippen molar-refractivity contribution in [3.8, 4) is 0 Å². The summed E-state index contributed by atoms with van der Waals surface area (Å²) in [6.07, 6.45) is 0. The maximum Gasteiger partial charge on any atom is 0.126 e. The summed E-state index contributed by atoms with van der Waals surface area (Å²) in [6, 6.07) is 6.64. The van der Waals surface area contributed by atoms with E-state index >= 15 is 0 Å². The average Bonchev–Trinajstić information content (AvgIpc) is 2.61. The first kappa shape index (κ1) is 11.9. The SMILES string of the molecule is Cc1cc(C(N)c2ccc(C)c(F)c2)c(C)o1. The Balaban J connectivity index is 2.40. The molecule has 1 aromatic heterocycles. The Hall–Kier alpha value is -1.61. The van der Waals surface area contributed by atoms with E-state index in [1.165, 1.54) is 6.07 Å². The number of aryl methyl sites for hydroxylation is 3. The van der Waals surface area contributed by atoms with Gasteiger partial charge in [-0.15, -0.1) is 0 Å². The van der Waals surface area contributed by atoms with E-state index in [1.54, 1.807) is 13.0 Å². The number of halogens is 1. The number of furan rings is 1. The molecule has 1 heterocycles. The molecule has 0 aliphatic rings. The highest BCUT2D eigenvalue weighted by Gasteiger charge is 2.15. The normalized spacial score (nSPS) is 12.8. The third-order valence-corrected chi connectivity index (χ3v) is 2.97. The molecule has 0 aliphatic carbocycles. The second-order valence-corrected chi connectivity index (χ2v) is 4.35. The van der Waals surface area contributed by atoms with Crippen LogP contribution in [0.3, 0.4) is 0 Å². The van der Waals surface area contributed by atoms with E-state index in [1.807, 2.05) is 26.0 Å². The lowest BCUT2D eigenvalue weighted by Gasteiger charge is -2.12. The van der Waals surface area contributed by atoms with Crippen molar-refractivity contribution in [1.29, 1.82) is 0 Å². The van der Waals surface area contributed by atoms with Crippen LogP contribution in [-0.2, 0) is 0 Å². The summed E-state index contributed by atoms with van der Waals surface area (Å²) < 4.78 is 18.9. The maximum atomic E-state index is 13.5. The molecule has 2 rings (SSSR count). The highest BCUT2D eigenvalue weighted by Crippen LogP contribution is 2.26. The molecule has 0 saturated carbocycles. The van der Waals surface area contributed by atoms with Crippen molar-refractivity contribution in [3.63, 3.8) is 0 Å². The molecule has 2 nitrogen and oxygen atoms in total. The van der Waals surface area contributed by atoms with Gasteiger partial charge in [-0.25, -0.2) is 4.39 Å². The summed E-state index contributed by atoms with van der Waals surface area (Å²) >= 11 is 0. The molecule has 1 unspecified atom stereocenters. The Morgan fingerprint density at radius 3 is 2.41 bits per heavy atom. The largest absolute Gasteiger partial charge is 0.466 e. The van der Waals surface area contributed by atoms with Crippen LogP contribution in [0.4, 0.5) is 4.39 Å². The van der Waals surface area contributed by atoms with Gasteiger partial charge in [-0.3, -0.25) is 0 Å². The Labute approximate surface area is 100 Å². The second-order valence-electron chi connectivity index (χ2n) is 4.35. The van der Waals surface area contributed by atoms with E-state index < -0.39 is 0 Å². The fraction of sp³-hybridized carbons (Fsp3) is 0.286. The second kappa shape index (κ2) is 4.34. The minimum absolute atomic E-state index is 0.226. The molecule has 1 aromatic carbocycles. The summed E-state index contributed by atoms with van der Waals surface area (Å²) in [6.45, 7) is 5.48. The van der Waals surface area contributed by atoms with Gasteiger partial charge in [0.2, 0.25) is 0 Å². The molecule has 0 fully saturated rings. The summed E-state index contributed by atoms with van der Waals surface area (Å²) in [7, 11) is 0. The van der Waals surface area contributed by atoms with Gasteiger partial charge >= 0.3 is 0 Å². The van der Waals surface area contributed by atoms with E-state index in [9.17, 15) is 4.39 Å². The van der Waals surface area contributed by atoms with Crippen LogP contribution in [-0.4, -0.2) is 0 Å². The summed E-state index contributed by atoms with van der Waals surface area (Å²) in [5.74, 6) is 1.38. The lowest BCUT2D eigenvalue weighted by Crippen LogP contribution is -2.12. The van der Waals surface area contributed by atoms with Crippen molar-refractivity contribution in [2.75, 3.05) is 0 Å². The minimum Gasteiger partial charge on any atom is -0.466 e. The van der Waals surface area contributed by atoms with E-state index in [0.29, 0.717) is 5.56 Å². The third kappa shape index (κ3) is 2.24. The first-order valence-corrected chi connectivity index (χ1v) is 5.57. The fourth-order valence-corrected chi connectivity index (χ4v) is 1.94. The van der Waals surface area contributed by atoms with Gasteiger partial charge in [-0.05, 0) is 44.0 Å². The van der Waals surface area contributed by atoms with E-state index in [-0.39, 0.29) is 11.9 Å². The van der Waals surface area contributed by atoms with Gasteiger partial charge < -0.3 is 10.2 Å². The fourth-order valence-electron chi connectivity index (χ4n) is 1.94. The van der Waals surface area contributed by atoms with Crippen LogP contribution in [0, 0.1) is 26.6 Å². The van der Waals surface area contributed by atoms with E-state index in [4.69, 9.17) is 10.2 Å². The van der Waals surface area contributed by atoms with Crippen molar-refractivity contribution in [3.05, 3.63) is 58.3 Å². The zero-order valence-corrected chi connectivity index (χ0v) is 10.3. The van der Waals surface area contributed by atoms with Crippen molar-refractivity contribution >= 4 is 0 Å². The highest BCUT2D eigenvalue weighted by atomic mass is 19.1. The lowest BCUT2D eigenvalue weighted by atomic mass is 9.99. The topological polar surface area (TPSA) is 39.2 Å². The number of hydrogen-bond acceptors (Lipinski definition) is 2. The van der Waals surface area contributed by atoms with Crippen molar-refractivity contribution in [1.82, 2.24) is 0 Å². The van der Waals surface area contributed by atoms with Crippen LogP contribution in [0.5, 0.6) is 0 Å². The molecule has 3 heteroatoms. The predicted molar refractivity (Wildman–Crippen MR) is 65.3 cm³/mol. The third-order valence-electron chi connectivity index (χ3n) is 2.97. The summed E-state index contributed by atoms with van der Waals surface area (Å²) in [4.78, 5) is 0. The number of hydrogen-bond donors (Lipinski definition) is 1. The van der Waals surface area contributed by atoms with Crippen LogP contribution in [0.1, 0.15) is 34.3 Å². The number of benzene rings is 1. The van der Waals surface area contributed by atoms with Crippen LogP contribution >= 0.6 is 0 Å². The molecule has 0 bridgehead atoms. The minimum atomic E-state index is -0.345. The zero-order valence-electron chi connectivity index (χ0n) is 10.3. The monoisotopic (exact) mass is 233 g/mol. The highest BCUT2D eigenvalue weighted by molar-refractivity contribution is 5.35. The molecular weight excluding hydrogens is 217 g/mol. The smallest absolute Gasteiger partial charge is 0.126 e.